The van der Waals surface area contributed by atoms with E-state index in [0.29, 0.717) is 24.3 Å². The zero-order chi connectivity index (χ0) is 12.0. The van der Waals surface area contributed by atoms with Gasteiger partial charge in [-0.3, -0.25) is 4.79 Å². The van der Waals surface area contributed by atoms with Crippen LogP contribution in [-0.4, -0.2) is 36.1 Å². The molecule has 4 heteroatoms. The maximum atomic E-state index is 13.4. The number of rotatable bonds is 1. The maximum Gasteiger partial charge on any atom is 0.254 e. The molecule has 2 heterocycles. The number of benzene rings is 1. The molecule has 1 aromatic carbocycles. The minimum absolute atomic E-state index is 0.0836. The van der Waals surface area contributed by atoms with Crippen LogP contribution in [0.4, 0.5) is 4.39 Å². The van der Waals surface area contributed by atoms with Crippen LogP contribution < -0.4 is 0 Å². The highest BCUT2D eigenvalue weighted by Crippen LogP contribution is 2.29. The first kappa shape index (κ1) is 10.7. The zero-order valence-electron chi connectivity index (χ0n) is 9.65. The summed E-state index contributed by atoms with van der Waals surface area (Å²) in [6.45, 7) is 2.94. The molecule has 2 aliphatic heterocycles. The Morgan fingerprint density at radius 3 is 2.94 bits per heavy atom. The third-order valence-electron chi connectivity index (χ3n) is 3.58. The fraction of sp³-hybridized carbons (Fsp3) is 0.462. The van der Waals surface area contributed by atoms with Gasteiger partial charge in [0.25, 0.3) is 5.91 Å². The Kier molecular flexibility index (Phi) is 2.40. The predicted molar refractivity (Wildman–Crippen MR) is 60.3 cm³/mol. The van der Waals surface area contributed by atoms with Crippen molar-refractivity contribution >= 4 is 5.91 Å². The molecule has 2 bridgehead atoms. The van der Waals surface area contributed by atoms with E-state index in [9.17, 15) is 9.18 Å². The molecule has 0 spiro atoms. The smallest absolute Gasteiger partial charge is 0.254 e. The van der Waals surface area contributed by atoms with E-state index in [0.717, 1.165) is 6.42 Å². The zero-order valence-corrected chi connectivity index (χ0v) is 9.65. The Balaban J connectivity index is 1.84. The largest absolute Gasteiger partial charge is 0.374 e. The average Bonchev–Trinajstić information content (AvgIpc) is 2.93. The summed E-state index contributed by atoms with van der Waals surface area (Å²) in [7, 11) is 0. The number of amides is 1. The SMILES string of the molecule is Cc1ccc(C(=O)N2CC3CC2CO3)cc1F. The van der Waals surface area contributed by atoms with Crippen molar-refractivity contribution in [1.29, 1.82) is 0 Å². The Morgan fingerprint density at radius 1 is 1.53 bits per heavy atom. The lowest BCUT2D eigenvalue weighted by Gasteiger charge is -2.27. The fourth-order valence-electron chi connectivity index (χ4n) is 2.54. The number of morpholine rings is 1. The van der Waals surface area contributed by atoms with E-state index < -0.39 is 0 Å². The second-order valence-electron chi connectivity index (χ2n) is 4.77. The molecule has 90 valence electrons. The van der Waals surface area contributed by atoms with Gasteiger partial charge in [0.15, 0.2) is 0 Å². The Hall–Kier alpha value is -1.42. The summed E-state index contributed by atoms with van der Waals surface area (Å²) < 4.78 is 18.9. The van der Waals surface area contributed by atoms with Gasteiger partial charge in [0.1, 0.15) is 5.82 Å². The van der Waals surface area contributed by atoms with Gasteiger partial charge < -0.3 is 9.64 Å². The van der Waals surface area contributed by atoms with Crippen molar-refractivity contribution in [2.75, 3.05) is 13.2 Å². The Morgan fingerprint density at radius 2 is 2.35 bits per heavy atom. The molecule has 0 aromatic heterocycles. The maximum absolute atomic E-state index is 13.4. The van der Waals surface area contributed by atoms with Gasteiger partial charge >= 0.3 is 0 Å². The second-order valence-corrected chi connectivity index (χ2v) is 4.77. The first-order valence-electron chi connectivity index (χ1n) is 5.84. The first-order valence-corrected chi connectivity index (χ1v) is 5.84. The van der Waals surface area contributed by atoms with E-state index in [1.165, 1.54) is 6.07 Å². The van der Waals surface area contributed by atoms with E-state index >= 15 is 0 Å². The molecule has 0 N–H and O–H groups in total. The van der Waals surface area contributed by atoms with Crippen LogP contribution in [0.15, 0.2) is 18.2 Å². The van der Waals surface area contributed by atoms with Gasteiger partial charge in [0.05, 0.1) is 18.8 Å². The Labute approximate surface area is 99.2 Å². The molecule has 3 nitrogen and oxygen atoms in total. The first-order chi connectivity index (χ1) is 8.15. The lowest BCUT2D eigenvalue weighted by Crippen LogP contribution is -2.41. The number of likely N-dealkylation sites (tertiary alicyclic amines) is 1. The van der Waals surface area contributed by atoms with Crippen LogP contribution in [0.1, 0.15) is 22.3 Å². The lowest BCUT2D eigenvalue weighted by atomic mass is 10.1. The minimum Gasteiger partial charge on any atom is -0.374 e. The van der Waals surface area contributed by atoms with E-state index in [2.05, 4.69) is 0 Å². The van der Waals surface area contributed by atoms with E-state index in [4.69, 9.17) is 4.74 Å². The number of nitrogens with zero attached hydrogens (tertiary/aromatic N) is 1. The normalized spacial score (nSPS) is 26.6. The van der Waals surface area contributed by atoms with Gasteiger partial charge in [-0.05, 0) is 31.0 Å². The van der Waals surface area contributed by atoms with Crippen LogP contribution in [0.5, 0.6) is 0 Å². The van der Waals surface area contributed by atoms with Crippen molar-refractivity contribution in [3.8, 4) is 0 Å². The third kappa shape index (κ3) is 1.72. The number of hydrogen-bond acceptors (Lipinski definition) is 2. The average molecular weight is 235 g/mol. The highest BCUT2D eigenvalue weighted by molar-refractivity contribution is 5.94. The molecular formula is C13H14FNO2. The number of fused-ring (bicyclic) bond motifs is 2. The monoisotopic (exact) mass is 235 g/mol. The van der Waals surface area contributed by atoms with Crippen LogP contribution in [0.25, 0.3) is 0 Å². The van der Waals surface area contributed by atoms with E-state index in [-0.39, 0.29) is 23.9 Å². The van der Waals surface area contributed by atoms with Crippen LogP contribution in [0, 0.1) is 12.7 Å². The fourth-order valence-corrected chi connectivity index (χ4v) is 2.54. The lowest BCUT2D eigenvalue weighted by molar-refractivity contribution is 0.0259. The molecule has 1 aromatic rings. The summed E-state index contributed by atoms with van der Waals surface area (Å²) in [5.74, 6) is -0.406. The van der Waals surface area contributed by atoms with Crippen molar-refractivity contribution in [2.24, 2.45) is 0 Å². The molecule has 0 aliphatic carbocycles. The second kappa shape index (κ2) is 3.81. The summed E-state index contributed by atoms with van der Waals surface area (Å²) in [6, 6.07) is 4.84. The van der Waals surface area contributed by atoms with Crippen molar-refractivity contribution in [3.63, 3.8) is 0 Å². The standard InChI is InChI=1S/C13H14FNO2/c1-8-2-3-9(4-12(8)14)13(16)15-6-11-5-10(15)7-17-11/h2-4,10-11H,5-7H2,1H3. The minimum atomic E-state index is -0.323. The quantitative estimate of drug-likeness (QED) is 0.742. The number of aryl methyl sites for hydroxylation is 1. The predicted octanol–water partition coefficient (Wildman–Crippen LogP) is 1.75. The van der Waals surface area contributed by atoms with Crippen molar-refractivity contribution < 1.29 is 13.9 Å². The number of halogens is 1. The molecular weight excluding hydrogens is 221 g/mol. The molecule has 17 heavy (non-hydrogen) atoms. The van der Waals surface area contributed by atoms with Crippen LogP contribution >= 0.6 is 0 Å². The molecule has 2 unspecified atom stereocenters. The van der Waals surface area contributed by atoms with Crippen LogP contribution in [0.3, 0.4) is 0 Å². The third-order valence-corrected chi connectivity index (χ3v) is 3.58. The number of carbonyl (C=O) groups is 1. The molecule has 0 saturated carbocycles. The molecule has 2 aliphatic rings. The highest BCUT2D eigenvalue weighted by atomic mass is 19.1. The topological polar surface area (TPSA) is 29.5 Å². The number of hydrogen-bond donors (Lipinski definition) is 0. The van der Waals surface area contributed by atoms with Crippen molar-refractivity contribution in [1.82, 2.24) is 4.90 Å². The number of carbonyl (C=O) groups excluding carboxylic acids is 1. The van der Waals surface area contributed by atoms with E-state index in [1.807, 2.05) is 0 Å². The molecule has 2 fully saturated rings. The van der Waals surface area contributed by atoms with Gasteiger partial charge in [0.2, 0.25) is 0 Å². The highest BCUT2D eigenvalue weighted by Gasteiger charge is 2.41. The molecule has 3 rings (SSSR count). The van der Waals surface area contributed by atoms with Gasteiger partial charge in [0, 0.05) is 12.1 Å². The van der Waals surface area contributed by atoms with Gasteiger partial charge in [-0.25, -0.2) is 4.39 Å². The number of ether oxygens (including phenoxy) is 1. The van der Waals surface area contributed by atoms with Crippen LogP contribution in [-0.2, 0) is 4.74 Å². The summed E-state index contributed by atoms with van der Waals surface area (Å²) in [5.41, 5.74) is 0.994. The van der Waals surface area contributed by atoms with Gasteiger partial charge in [-0.2, -0.15) is 0 Å². The molecule has 2 saturated heterocycles. The van der Waals surface area contributed by atoms with Crippen LogP contribution in [0.2, 0.25) is 0 Å². The van der Waals surface area contributed by atoms with E-state index in [1.54, 1.807) is 24.0 Å². The summed E-state index contributed by atoms with van der Waals surface area (Å²) in [5, 5.41) is 0. The molecule has 1 amide bonds. The Bertz CT molecular complexity index is 474. The van der Waals surface area contributed by atoms with Gasteiger partial charge in [-0.15, -0.1) is 0 Å². The van der Waals surface area contributed by atoms with Crippen molar-refractivity contribution in [3.05, 3.63) is 35.1 Å². The molecule has 2 atom stereocenters. The van der Waals surface area contributed by atoms with Gasteiger partial charge in [-0.1, -0.05) is 6.07 Å². The summed E-state index contributed by atoms with van der Waals surface area (Å²) in [4.78, 5) is 14.0. The summed E-state index contributed by atoms with van der Waals surface area (Å²) >= 11 is 0. The van der Waals surface area contributed by atoms with Crippen molar-refractivity contribution in [2.45, 2.75) is 25.5 Å². The summed E-state index contributed by atoms with van der Waals surface area (Å²) in [6.07, 6.45) is 1.10. The molecule has 0 radical (unpaired) electrons.